The number of hydrogen-bond acceptors (Lipinski definition) is 6. The normalized spacial score (nSPS) is 9.75. The van der Waals surface area contributed by atoms with Gasteiger partial charge in [-0.25, -0.2) is 0 Å². The fourth-order valence-corrected chi connectivity index (χ4v) is 4.48. The molecule has 0 aliphatic rings. The van der Waals surface area contributed by atoms with E-state index >= 15 is 0 Å². The van der Waals surface area contributed by atoms with E-state index in [1.807, 2.05) is 0 Å². The van der Waals surface area contributed by atoms with E-state index in [0.29, 0.717) is 0 Å². The van der Waals surface area contributed by atoms with Crippen molar-refractivity contribution in [2.45, 2.75) is 0 Å². The molecule has 0 aliphatic heterocycles. The van der Waals surface area contributed by atoms with Gasteiger partial charge in [0.1, 0.15) is 0 Å². The molecule has 0 aromatic heterocycles. The fourth-order valence-electron chi connectivity index (χ4n) is 2.18. The Balaban J connectivity index is 0.000000697. The van der Waals surface area contributed by atoms with Crippen molar-refractivity contribution in [3.8, 4) is 0 Å². The molecule has 3 aromatic rings. The van der Waals surface area contributed by atoms with Gasteiger partial charge in [0.25, 0.3) is 0 Å². The first-order valence-electron chi connectivity index (χ1n) is 7.50. The van der Waals surface area contributed by atoms with Gasteiger partial charge in [-0.15, -0.1) is 0 Å². The van der Waals surface area contributed by atoms with Crippen molar-refractivity contribution in [2.75, 3.05) is 0 Å². The molecular weight excluding hydrogens is 508 g/mol. The van der Waals surface area contributed by atoms with Crippen LogP contribution in [0.3, 0.4) is 0 Å². The molecule has 0 saturated heterocycles. The molecule has 0 aliphatic carbocycles. The molecule has 0 fully saturated rings. The average molecular weight is 523 g/mol. The van der Waals surface area contributed by atoms with Crippen molar-refractivity contribution in [3.05, 3.63) is 91.0 Å². The molecule has 0 saturated carbocycles. The van der Waals surface area contributed by atoms with Gasteiger partial charge in [0, 0.05) is 0 Å². The molecule has 6 nitrogen and oxygen atoms in total. The molecule has 0 bridgehead atoms. The summed E-state index contributed by atoms with van der Waals surface area (Å²) >= 11 is 0. The molecule has 0 amide bonds. The predicted molar refractivity (Wildman–Crippen MR) is 99.0 cm³/mol. The molecule has 28 heavy (non-hydrogen) atoms. The number of hydrogen-bond donors (Lipinski definition) is 0. The summed E-state index contributed by atoms with van der Waals surface area (Å²) in [4.78, 5) is 50.9. The summed E-state index contributed by atoms with van der Waals surface area (Å²) in [5, 5.41) is 4.19. The zero-order valence-electron chi connectivity index (χ0n) is 14.3. The monoisotopic (exact) mass is 523 g/mol. The molecule has 3 aromatic carbocycles. The Morgan fingerprint density at radius 1 is 0.393 bits per heavy atom. The number of rotatable bonds is 3. The Bertz CT molecular complexity index is 631. The van der Waals surface area contributed by atoms with Gasteiger partial charge in [-0.1, -0.05) is 91.0 Å². The SMILES string of the molecule is [O-]P([O-])[O-].[O-]P([O-])[O-].[Rh+6].c1ccc(P(c2ccccc2)c2ccccc2)cc1. The smallest absolute Gasteiger partial charge is 0.854 e. The summed E-state index contributed by atoms with van der Waals surface area (Å²) in [5.74, 6) is 0. The average Bonchev–Trinajstić information content (AvgIpc) is 2.64. The van der Waals surface area contributed by atoms with E-state index in [0.717, 1.165) is 0 Å². The minimum Gasteiger partial charge on any atom is -0.854 e. The van der Waals surface area contributed by atoms with Gasteiger partial charge in [-0.3, -0.25) is 0 Å². The fraction of sp³-hybridized carbons (Fsp3) is 0. The van der Waals surface area contributed by atoms with Gasteiger partial charge >= 0.3 is 19.5 Å². The van der Waals surface area contributed by atoms with E-state index < -0.39 is 25.1 Å². The van der Waals surface area contributed by atoms with Gasteiger partial charge in [-0.05, 0) is 23.8 Å². The third-order valence-corrected chi connectivity index (χ3v) is 5.49. The van der Waals surface area contributed by atoms with Crippen LogP contribution in [0, 0.1) is 0 Å². The van der Waals surface area contributed by atoms with E-state index in [2.05, 4.69) is 91.0 Å². The topological polar surface area (TPSA) is 138 Å². The largest absolute Gasteiger partial charge is 6.00 e. The summed E-state index contributed by atoms with van der Waals surface area (Å²) in [6.07, 6.45) is 0. The van der Waals surface area contributed by atoms with Crippen molar-refractivity contribution >= 4 is 41.0 Å². The maximum atomic E-state index is 8.48. The zero-order valence-corrected chi connectivity index (χ0v) is 18.6. The van der Waals surface area contributed by atoms with Crippen molar-refractivity contribution in [1.29, 1.82) is 0 Å². The van der Waals surface area contributed by atoms with E-state index in [4.69, 9.17) is 29.4 Å². The van der Waals surface area contributed by atoms with Crippen molar-refractivity contribution in [1.82, 2.24) is 0 Å². The van der Waals surface area contributed by atoms with E-state index in [1.54, 1.807) is 0 Å². The second kappa shape index (κ2) is 16.2. The number of benzene rings is 3. The van der Waals surface area contributed by atoms with Crippen LogP contribution in [-0.4, -0.2) is 0 Å². The minimum absolute atomic E-state index is 0. The van der Waals surface area contributed by atoms with Crippen LogP contribution >= 0.6 is 25.1 Å². The Morgan fingerprint density at radius 2 is 0.571 bits per heavy atom. The van der Waals surface area contributed by atoms with Crippen LogP contribution in [0.4, 0.5) is 0 Å². The third kappa shape index (κ3) is 12.0. The summed E-state index contributed by atoms with van der Waals surface area (Å²) in [7, 11) is -7.19. The van der Waals surface area contributed by atoms with Crippen LogP contribution in [-0.2, 0) is 19.5 Å². The van der Waals surface area contributed by atoms with Crippen LogP contribution in [0.15, 0.2) is 91.0 Å². The molecule has 0 heterocycles. The van der Waals surface area contributed by atoms with Crippen LogP contribution in [0.1, 0.15) is 0 Å². The molecule has 3 rings (SSSR count). The van der Waals surface area contributed by atoms with Crippen LogP contribution in [0.2, 0.25) is 0 Å². The van der Waals surface area contributed by atoms with Crippen LogP contribution in [0.5, 0.6) is 0 Å². The molecule has 0 N–H and O–H groups in total. The summed E-state index contributed by atoms with van der Waals surface area (Å²) in [5.41, 5.74) is 0. The Kier molecular flexibility index (Phi) is 15.8. The van der Waals surface area contributed by atoms with E-state index in [-0.39, 0.29) is 19.5 Å². The molecule has 10 heteroatoms. The predicted octanol–water partition coefficient (Wildman–Crippen LogP) is -1.97. The van der Waals surface area contributed by atoms with Gasteiger partial charge in [0.05, 0.1) is 0 Å². The molecule has 147 valence electrons. The molecule has 0 spiro atoms. The maximum Gasteiger partial charge on any atom is 6.00 e. The minimum atomic E-state index is -3.37. The second-order valence-corrected chi connectivity index (χ2v) is 7.90. The standard InChI is InChI=1S/C18H15P.2O3P.Rh/c1-4-10-16(11-5-1)19(17-12-6-2-7-13-17)18-14-8-3-9-15-18;2*1-4(2)3;/h1-15H;;;/q;2*-3;+6. The first kappa shape index (κ1) is 27.3. The quantitative estimate of drug-likeness (QED) is 0.289. The maximum absolute atomic E-state index is 8.48. The van der Waals surface area contributed by atoms with E-state index in [9.17, 15) is 0 Å². The zero-order chi connectivity index (χ0) is 20.1. The van der Waals surface area contributed by atoms with Crippen molar-refractivity contribution < 1.29 is 48.8 Å². The molecule has 1 radical (unpaired) electrons. The summed E-state index contributed by atoms with van der Waals surface area (Å²) in [6, 6.07) is 32.3. The summed E-state index contributed by atoms with van der Waals surface area (Å²) in [6.45, 7) is 0. The molecule has 0 atom stereocenters. The summed E-state index contributed by atoms with van der Waals surface area (Å²) < 4.78 is 0. The van der Waals surface area contributed by atoms with Gasteiger partial charge in [-0.2, -0.15) is 0 Å². The van der Waals surface area contributed by atoms with Gasteiger partial charge < -0.3 is 46.6 Å². The van der Waals surface area contributed by atoms with Gasteiger partial charge in [0.15, 0.2) is 0 Å². The Morgan fingerprint density at radius 3 is 0.750 bits per heavy atom. The molecule has 0 unspecified atom stereocenters. The van der Waals surface area contributed by atoms with Crippen LogP contribution < -0.4 is 45.3 Å². The van der Waals surface area contributed by atoms with Gasteiger partial charge in [0.2, 0.25) is 0 Å². The first-order chi connectivity index (χ1) is 12.9. The molecular formula is C18H15O6P3Rh. The van der Waals surface area contributed by atoms with Crippen molar-refractivity contribution in [2.24, 2.45) is 0 Å². The Hall–Kier alpha value is -0.667. The Labute approximate surface area is 180 Å². The first-order valence-corrected chi connectivity index (χ1v) is 11.0. The van der Waals surface area contributed by atoms with E-state index in [1.165, 1.54) is 15.9 Å². The van der Waals surface area contributed by atoms with Crippen molar-refractivity contribution in [3.63, 3.8) is 0 Å². The second-order valence-electron chi connectivity index (χ2n) is 4.79. The third-order valence-electron chi connectivity index (χ3n) is 3.04. The van der Waals surface area contributed by atoms with Crippen LogP contribution in [0.25, 0.3) is 0 Å².